The van der Waals surface area contributed by atoms with Crippen LogP contribution in [0.5, 0.6) is 0 Å². The van der Waals surface area contributed by atoms with Crippen LogP contribution in [0.2, 0.25) is 0 Å². The molecule has 0 unspecified atom stereocenters. The van der Waals surface area contributed by atoms with Crippen molar-refractivity contribution >= 4 is 5.82 Å². The minimum Gasteiger partial charge on any atom is -0.356 e. The summed E-state index contributed by atoms with van der Waals surface area (Å²) in [5.41, 5.74) is 0.895. The molecular weight excluding hydrogens is 314 g/mol. The molecule has 0 saturated carbocycles. The Hall–Kier alpha value is -2.24. The van der Waals surface area contributed by atoms with Crippen LogP contribution < -0.4 is 10.5 Å². The zero-order valence-corrected chi connectivity index (χ0v) is 15.6. The van der Waals surface area contributed by atoms with Gasteiger partial charge in [0.25, 0.3) is 5.56 Å². The third-order valence-electron chi connectivity index (χ3n) is 4.77. The minimum atomic E-state index is -0.0519. The molecule has 0 bridgehead atoms. The fraction of sp³-hybridized carbons (Fsp3) is 0.579. The van der Waals surface area contributed by atoms with E-state index < -0.39 is 0 Å². The van der Waals surface area contributed by atoms with Crippen LogP contribution in [0.25, 0.3) is 0 Å². The SMILES string of the molecule is Cc1nccc(N2CCC(Cn3nc(C(C)(C)C)ccc3=O)CC2)n1. The number of anilines is 1. The van der Waals surface area contributed by atoms with Gasteiger partial charge in [0.2, 0.25) is 0 Å². The van der Waals surface area contributed by atoms with E-state index in [2.05, 4.69) is 40.7 Å². The highest BCUT2D eigenvalue weighted by molar-refractivity contribution is 5.37. The van der Waals surface area contributed by atoms with Crippen LogP contribution in [0.1, 0.15) is 45.1 Å². The summed E-state index contributed by atoms with van der Waals surface area (Å²) >= 11 is 0. The second-order valence-corrected chi connectivity index (χ2v) is 7.88. The summed E-state index contributed by atoms with van der Waals surface area (Å²) in [7, 11) is 0. The van der Waals surface area contributed by atoms with Crippen molar-refractivity contribution in [1.82, 2.24) is 19.7 Å². The van der Waals surface area contributed by atoms with Crippen LogP contribution in [0.15, 0.2) is 29.2 Å². The number of hydrogen-bond acceptors (Lipinski definition) is 5. The molecule has 2 aromatic rings. The van der Waals surface area contributed by atoms with Gasteiger partial charge < -0.3 is 4.90 Å². The Balaban J connectivity index is 1.65. The Bertz CT molecular complexity index is 785. The van der Waals surface area contributed by atoms with Gasteiger partial charge in [0, 0.05) is 37.3 Å². The number of aryl methyl sites for hydroxylation is 1. The van der Waals surface area contributed by atoms with E-state index in [4.69, 9.17) is 0 Å². The normalized spacial score (nSPS) is 16.2. The van der Waals surface area contributed by atoms with E-state index in [9.17, 15) is 4.79 Å². The highest BCUT2D eigenvalue weighted by Gasteiger charge is 2.22. The molecule has 0 aliphatic carbocycles. The maximum atomic E-state index is 12.2. The topological polar surface area (TPSA) is 63.9 Å². The highest BCUT2D eigenvalue weighted by Crippen LogP contribution is 2.23. The van der Waals surface area contributed by atoms with Crippen molar-refractivity contribution < 1.29 is 0 Å². The van der Waals surface area contributed by atoms with E-state index >= 15 is 0 Å². The lowest BCUT2D eigenvalue weighted by atomic mass is 9.92. The monoisotopic (exact) mass is 341 g/mol. The molecule has 134 valence electrons. The van der Waals surface area contributed by atoms with Crippen molar-refractivity contribution in [3.63, 3.8) is 0 Å². The molecule has 0 radical (unpaired) electrons. The Labute approximate surface area is 148 Å². The summed E-state index contributed by atoms with van der Waals surface area (Å²) in [6, 6.07) is 5.46. The summed E-state index contributed by atoms with van der Waals surface area (Å²) in [6.45, 7) is 10.9. The zero-order valence-electron chi connectivity index (χ0n) is 15.6. The minimum absolute atomic E-state index is 0.0122. The Morgan fingerprint density at radius 1 is 1.16 bits per heavy atom. The van der Waals surface area contributed by atoms with Gasteiger partial charge in [0.05, 0.1) is 5.69 Å². The number of piperidine rings is 1. The van der Waals surface area contributed by atoms with E-state index in [0.717, 1.165) is 43.3 Å². The van der Waals surface area contributed by atoms with Crippen molar-refractivity contribution in [3.8, 4) is 0 Å². The predicted octanol–water partition coefficient (Wildman–Crippen LogP) is 2.56. The van der Waals surface area contributed by atoms with Gasteiger partial charge in [-0.3, -0.25) is 4.79 Å². The van der Waals surface area contributed by atoms with E-state index in [-0.39, 0.29) is 11.0 Å². The molecule has 25 heavy (non-hydrogen) atoms. The molecule has 2 aromatic heterocycles. The van der Waals surface area contributed by atoms with Crippen LogP contribution in [0.3, 0.4) is 0 Å². The van der Waals surface area contributed by atoms with Gasteiger partial charge in [0.1, 0.15) is 11.6 Å². The van der Waals surface area contributed by atoms with Gasteiger partial charge in [-0.1, -0.05) is 20.8 Å². The van der Waals surface area contributed by atoms with E-state index in [1.54, 1.807) is 10.7 Å². The average molecular weight is 341 g/mol. The first-order valence-corrected chi connectivity index (χ1v) is 8.96. The second-order valence-electron chi connectivity index (χ2n) is 7.88. The number of aromatic nitrogens is 4. The first-order chi connectivity index (χ1) is 11.8. The van der Waals surface area contributed by atoms with E-state index in [1.807, 2.05) is 25.3 Å². The van der Waals surface area contributed by atoms with Gasteiger partial charge in [-0.2, -0.15) is 5.10 Å². The Kier molecular flexibility index (Phi) is 4.88. The van der Waals surface area contributed by atoms with Gasteiger partial charge >= 0.3 is 0 Å². The van der Waals surface area contributed by atoms with Gasteiger partial charge in [-0.15, -0.1) is 0 Å². The lowest BCUT2D eigenvalue weighted by Crippen LogP contribution is -2.37. The molecule has 1 aliphatic heterocycles. The first-order valence-electron chi connectivity index (χ1n) is 8.96. The average Bonchev–Trinajstić information content (AvgIpc) is 2.56. The predicted molar refractivity (Wildman–Crippen MR) is 98.9 cm³/mol. The molecule has 3 rings (SSSR count). The van der Waals surface area contributed by atoms with Gasteiger partial charge in [-0.05, 0) is 37.8 Å². The molecule has 0 N–H and O–H groups in total. The maximum absolute atomic E-state index is 12.2. The maximum Gasteiger partial charge on any atom is 0.266 e. The molecule has 0 spiro atoms. The summed E-state index contributed by atoms with van der Waals surface area (Å²) < 4.78 is 1.65. The molecule has 1 aliphatic rings. The summed E-state index contributed by atoms with van der Waals surface area (Å²) in [4.78, 5) is 23.1. The standard InChI is InChI=1S/C19H27N5O/c1-14-20-10-7-17(21-14)23-11-8-15(9-12-23)13-24-18(25)6-5-16(22-24)19(2,3)4/h5-7,10,15H,8-9,11-13H2,1-4H3. The molecule has 1 saturated heterocycles. The molecule has 0 atom stereocenters. The molecular formula is C19H27N5O. The number of rotatable bonds is 3. The van der Waals surface area contributed by atoms with Crippen molar-refractivity contribution in [1.29, 1.82) is 0 Å². The fourth-order valence-corrected chi connectivity index (χ4v) is 3.19. The molecule has 3 heterocycles. The first kappa shape index (κ1) is 17.6. The van der Waals surface area contributed by atoms with Crippen LogP contribution in [0.4, 0.5) is 5.82 Å². The molecule has 0 amide bonds. The number of hydrogen-bond donors (Lipinski definition) is 0. The van der Waals surface area contributed by atoms with Crippen LogP contribution in [0, 0.1) is 12.8 Å². The zero-order chi connectivity index (χ0) is 18.0. The second kappa shape index (κ2) is 6.94. The Morgan fingerprint density at radius 2 is 1.88 bits per heavy atom. The third-order valence-corrected chi connectivity index (χ3v) is 4.77. The largest absolute Gasteiger partial charge is 0.356 e. The van der Waals surface area contributed by atoms with Crippen molar-refractivity contribution in [2.75, 3.05) is 18.0 Å². The quantitative estimate of drug-likeness (QED) is 0.858. The van der Waals surface area contributed by atoms with Gasteiger partial charge in [0.15, 0.2) is 0 Å². The lowest BCUT2D eigenvalue weighted by molar-refractivity contribution is 0.329. The van der Waals surface area contributed by atoms with Crippen LogP contribution >= 0.6 is 0 Å². The van der Waals surface area contributed by atoms with Crippen molar-refractivity contribution in [2.45, 2.75) is 52.5 Å². The Morgan fingerprint density at radius 3 is 2.52 bits per heavy atom. The molecule has 6 heteroatoms. The van der Waals surface area contributed by atoms with Crippen LogP contribution in [-0.4, -0.2) is 32.8 Å². The summed E-state index contributed by atoms with van der Waals surface area (Å²) in [6.07, 6.45) is 3.89. The van der Waals surface area contributed by atoms with Crippen LogP contribution in [-0.2, 0) is 12.0 Å². The number of nitrogens with zero attached hydrogens (tertiary/aromatic N) is 5. The van der Waals surface area contributed by atoms with Crippen molar-refractivity contribution in [2.24, 2.45) is 5.92 Å². The summed E-state index contributed by atoms with van der Waals surface area (Å²) in [5.74, 6) is 2.27. The highest BCUT2D eigenvalue weighted by atomic mass is 16.1. The lowest BCUT2D eigenvalue weighted by Gasteiger charge is -2.33. The smallest absolute Gasteiger partial charge is 0.266 e. The summed E-state index contributed by atoms with van der Waals surface area (Å²) in [5, 5.41) is 4.60. The third kappa shape index (κ3) is 4.24. The molecule has 0 aromatic carbocycles. The van der Waals surface area contributed by atoms with Gasteiger partial charge in [-0.25, -0.2) is 14.6 Å². The van der Waals surface area contributed by atoms with Crippen molar-refractivity contribution in [3.05, 3.63) is 46.3 Å². The van der Waals surface area contributed by atoms with E-state index in [1.165, 1.54) is 0 Å². The molecule has 1 fully saturated rings. The van der Waals surface area contributed by atoms with E-state index in [0.29, 0.717) is 12.5 Å². The molecule has 6 nitrogen and oxygen atoms in total. The fourth-order valence-electron chi connectivity index (χ4n) is 3.19.